The van der Waals surface area contributed by atoms with Crippen LogP contribution in [-0.2, 0) is 48.5 Å². The van der Waals surface area contributed by atoms with Gasteiger partial charge >= 0.3 is 82.6 Å². The standard InChI is InChI=1S/4C9H13.2C3H6.2ClH.2Zr/c4*1-2-3-6-9-7-4-5-8-9;2*1-3-2;;;;/h4*4,7H,2-3,5-6H2,1H3;2*1-2H3;2*1H;;/q4*-1;;;;;2*+2/p-2. The first-order valence-corrected chi connectivity index (χ1v) is 19.7. The van der Waals surface area contributed by atoms with Crippen molar-refractivity contribution in [3.63, 3.8) is 0 Å². The number of halogens is 2. The van der Waals surface area contributed by atoms with Gasteiger partial charge in [-0.25, -0.2) is 46.6 Å². The van der Waals surface area contributed by atoms with Crippen LogP contribution in [0, 0.1) is 24.3 Å². The molecule has 4 heteroatoms. The third-order valence-electron chi connectivity index (χ3n) is 6.26. The summed E-state index contributed by atoms with van der Waals surface area (Å²) >= 11 is 3.11. The molecule has 0 spiro atoms. The van der Waals surface area contributed by atoms with Crippen molar-refractivity contribution in [2.24, 2.45) is 0 Å². The Kier molecular flexibility index (Phi) is 47.3. The zero-order valence-corrected chi connectivity index (χ0v) is 37.1. The second-order valence-corrected chi connectivity index (χ2v) is 16.6. The molecule has 4 aliphatic rings. The van der Waals surface area contributed by atoms with Gasteiger partial charge in [-0.1, -0.05) is 105 Å². The van der Waals surface area contributed by atoms with Gasteiger partial charge in [0.2, 0.25) is 0 Å². The summed E-state index contributed by atoms with van der Waals surface area (Å²) in [4.78, 5) is 0. The van der Waals surface area contributed by atoms with Gasteiger partial charge in [-0.15, -0.1) is 25.7 Å². The van der Waals surface area contributed by atoms with Crippen LogP contribution in [0.5, 0.6) is 0 Å². The first-order chi connectivity index (χ1) is 21.2. The molecule has 0 radical (unpaired) electrons. The van der Waals surface area contributed by atoms with Gasteiger partial charge in [0, 0.05) is 0 Å². The minimum absolute atomic E-state index is 0. The fourth-order valence-corrected chi connectivity index (χ4v) is 3.96. The van der Waals surface area contributed by atoms with Crippen molar-refractivity contribution in [1.82, 2.24) is 0 Å². The zero-order chi connectivity index (χ0) is 33.3. The number of unbranched alkanes of at least 4 members (excludes halogenated alkanes) is 4. The Balaban J connectivity index is -0.000000234. The molecule has 0 nitrogen and oxygen atoms in total. The van der Waals surface area contributed by atoms with E-state index >= 15 is 0 Å². The van der Waals surface area contributed by atoms with E-state index in [-0.39, 0.29) is 24.8 Å². The maximum Gasteiger partial charge on any atom is -1.00 e. The van der Waals surface area contributed by atoms with Gasteiger partial charge in [0.15, 0.2) is 0 Å². The van der Waals surface area contributed by atoms with Gasteiger partial charge in [-0.3, -0.25) is 24.3 Å². The van der Waals surface area contributed by atoms with Crippen molar-refractivity contribution in [1.29, 1.82) is 0 Å². The number of hydrogen-bond acceptors (Lipinski definition) is 0. The molecule has 0 bridgehead atoms. The summed E-state index contributed by atoms with van der Waals surface area (Å²) in [7, 11) is 0. The van der Waals surface area contributed by atoms with E-state index in [2.05, 4.69) is 128 Å². The first-order valence-electron chi connectivity index (χ1n) is 17.3. The molecule has 0 N–H and O–H groups in total. The van der Waals surface area contributed by atoms with Crippen LogP contribution in [0.1, 0.15) is 158 Å². The van der Waals surface area contributed by atoms with Crippen molar-refractivity contribution < 1.29 is 73.3 Å². The van der Waals surface area contributed by atoms with E-state index in [1.54, 1.807) is 48.5 Å². The van der Waals surface area contributed by atoms with Crippen molar-refractivity contribution in [3.8, 4) is 0 Å². The largest absolute Gasteiger partial charge is 1.00 e. The monoisotopic (exact) mass is 818 g/mol. The molecule has 0 aromatic heterocycles. The quantitative estimate of drug-likeness (QED) is 0.187. The molecule has 0 aliphatic heterocycles. The van der Waals surface area contributed by atoms with E-state index in [0.29, 0.717) is 0 Å². The molecule has 0 atom stereocenters. The van der Waals surface area contributed by atoms with Crippen LogP contribution in [0.3, 0.4) is 0 Å². The Morgan fingerprint density at radius 1 is 0.457 bits per heavy atom. The molecule has 0 aromatic carbocycles. The molecule has 0 amide bonds. The number of allylic oxidation sites excluding steroid dienone is 16. The first kappa shape index (κ1) is 52.8. The molecular formula is C42H64Cl2Zr2-2. The summed E-state index contributed by atoms with van der Waals surface area (Å²) in [6, 6.07) is 0. The SMILES string of the molecule is CCCCC1=[C-]CC=C1.CCCCC1=[C-]CC=C1.CCCCC1=[C-]CC=C1.CCCCC1=[C-]CC=C1.C[C](C)=[Zr+2].C[C](C)=[Zr+2].[Cl-].[Cl-]. The molecule has 0 saturated carbocycles. The third-order valence-corrected chi connectivity index (χ3v) is 6.26. The molecule has 0 aromatic rings. The fourth-order valence-electron chi connectivity index (χ4n) is 3.96. The van der Waals surface area contributed by atoms with Gasteiger partial charge in [-0.05, 0) is 0 Å². The van der Waals surface area contributed by atoms with Crippen LogP contribution in [0.15, 0.2) is 70.9 Å². The van der Waals surface area contributed by atoms with Crippen molar-refractivity contribution in [2.45, 2.75) is 158 Å². The maximum absolute atomic E-state index is 3.30. The van der Waals surface area contributed by atoms with E-state index in [1.165, 1.54) is 106 Å². The molecule has 46 heavy (non-hydrogen) atoms. The zero-order valence-electron chi connectivity index (χ0n) is 30.7. The van der Waals surface area contributed by atoms with Gasteiger partial charge in [-0.2, -0.15) is 24.3 Å². The number of rotatable bonds is 12. The maximum atomic E-state index is 3.30. The van der Waals surface area contributed by atoms with Crippen molar-refractivity contribution in [3.05, 3.63) is 95.2 Å². The van der Waals surface area contributed by atoms with Gasteiger partial charge in [0.25, 0.3) is 0 Å². The van der Waals surface area contributed by atoms with Crippen molar-refractivity contribution >= 4 is 6.41 Å². The second kappa shape index (κ2) is 41.2. The van der Waals surface area contributed by atoms with Crippen LogP contribution in [0.2, 0.25) is 0 Å². The summed E-state index contributed by atoms with van der Waals surface area (Å²) in [5.74, 6) is 0. The van der Waals surface area contributed by atoms with Gasteiger partial charge in [0.05, 0.1) is 0 Å². The van der Waals surface area contributed by atoms with Crippen LogP contribution < -0.4 is 24.8 Å². The average molecular weight is 822 g/mol. The summed E-state index contributed by atoms with van der Waals surface area (Å²) in [5.41, 5.74) is 5.66. The smallest absolute Gasteiger partial charge is 1.00 e. The van der Waals surface area contributed by atoms with Crippen LogP contribution in [0.4, 0.5) is 0 Å². The summed E-state index contributed by atoms with van der Waals surface area (Å²) in [6.45, 7) is 17.4. The van der Waals surface area contributed by atoms with Crippen LogP contribution in [0.25, 0.3) is 0 Å². The Hall–Kier alpha value is 0.00623. The normalized spacial score (nSPS) is 14.0. The molecule has 4 rings (SSSR count). The van der Waals surface area contributed by atoms with Crippen LogP contribution in [-0.4, -0.2) is 6.41 Å². The molecule has 4 aliphatic carbocycles. The molecule has 256 valence electrons. The Labute approximate surface area is 330 Å². The number of hydrogen-bond donors (Lipinski definition) is 0. The molecular weight excluding hydrogens is 758 g/mol. The Morgan fingerprint density at radius 2 is 0.630 bits per heavy atom. The van der Waals surface area contributed by atoms with E-state index in [1.807, 2.05) is 0 Å². The molecule has 0 saturated heterocycles. The Bertz CT molecular complexity index is 831. The van der Waals surface area contributed by atoms with Gasteiger partial charge in [0.1, 0.15) is 0 Å². The topological polar surface area (TPSA) is 0 Å². The fraction of sp³-hybridized carbons (Fsp3) is 0.571. The molecule has 0 heterocycles. The van der Waals surface area contributed by atoms with Crippen molar-refractivity contribution in [2.75, 3.05) is 0 Å². The van der Waals surface area contributed by atoms with E-state index in [9.17, 15) is 0 Å². The molecule has 0 fully saturated rings. The second-order valence-electron chi connectivity index (χ2n) is 11.6. The van der Waals surface area contributed by atoms with E-state index in [0.717, 1.165) is 25.7 Å². The Morgan fingerprint density at radius 3 is 0.739 bits per heavy atom. The molecule has 0 unspecified atom stereocenters. The summed E-state index contributed by atoms with van der Waals surface area (Å²) < 4.78 is 3.01. The average Bonchev–Trinajstić information content (AvgIpc) is 3.83. The summed E-state index contributed by atoms with van der Waals surface area (Å²) in [6.07, 6.45) is 50.1. The minimum atomic E-state index is 0. The minimum Gasteiger partial charge on any atom is -1.00 e. The van der Waals surface area contributed by atoms with Crippen LogP contribution >= 0.6 is 0 Å². The van der Waals surface area contributed by atoms with E-state index in [4.69, 9.17) is 0 Å². The third kappa shape index (κ3) is 42.0. The van der Waals surface area contributed by atoms with E-state index < -0.39 is 0 Å². The predicted octanol–water partition coefficient (Wildman–Crippen LogP) is 6.96. The summed E-state index contributed by atoms with van der Waals surface area (Å²) in [5, 5.41) is 0. The predicted molar refractivity (Wildman–Crippen MR) is 193 cm³/mol. The van der Waals surface area contributed by atoms with Gasteiger partial charge < -0.3 is 24.8 Å².